The zero-order valence-corrected chi connectivity index (χ0v) is 16.2. The van der Waals surface area contributed by atoms with E-state index >= 15 is 0 Å². The molecule has 2 aromatic rings. The summed E-state index contributed by atoms with van der Waals surface area (Å²) < 4.78 is 11.1. The van der Waals surface area contributed by atoms with Crippen molar-refractivity contribution < 1.29 is 19.1 Å². The van der Waals surface area contributed by atoms with Crippen molar-refractivity contribution in [2.75, 3.05) is 13.2 Å². The first-order chi connectivity index (χ1) is 12.8. The number of ether oxygens (including phenoxy) is 2. The Hall–Kier alpha value is -3.02. The van der Waals surface area contributed by atoms with Crippen LogP contribution in [0.15, 0.2) is 36.4 Å². The molecular weight excluding hydrogens is 344 g/mol. The highest BCUT2D eigenvalue weighted by Crippen LogP contribution is 2.19. The molecule has 27 heavy (non-hydrogen) atoms. The molecule has 0 radical (unpaired) electrons. The Morgan fingerprint density at radius 2 is 1.30 bits per heavy atom. The monoisotopic (exact) mass is 370 g/mol. The topological polar surface area (TPSA) is 76.7 Å². The van der Waals surface area contributed by atoms with E-state index in [4.69, 9.17) is 9.47 Å². The minimum atomic E-state index is -0.431. The molecule has 2 rings (SSSR count). The molecule has 2 amide bonds. The molecule has 144 valence electrons. The van der Waals surface area contributed by atoms with E-state index in [0.29, 0.717) is 5.75 Å². The van der Waals surface area contributed by atoms with Gasteiger partial charge in [0.15, 0.2) is 6.61 Å². The van der Waals surface area contributed by atoms with Gasteiger partial charge in [0.25, 0.3) is 5.91 Å². The number of carbonyl (C=O) groups excluding carboxylic acids is 2. The predicted molar refractivity (Wildman–Crippen MR) is 104 cm³/mol. The van der Waals surface area contributed by atoms with Gasteiger partial charge in [-0.1, -0.05) is 24.3 Å². The van der Waals surface area contributed by atoms with Crippen LogP contribution < -0.4 is 20.3 Å². The Morgan fingerprint density at radius 3 is 1.89 bits per heavy atom. The quantitative estimate of drug-likeness (QED) is 0.735. The van der Waals surface area contributed by atoms with E-state index in [1.54, 1.807) is 0 Å². The molecule has 0 fully saturated rings. The summed E-state index contributed by atoms with van der Waals surface area (Å²) >= 11 is 0. The molecule has 2 aromatic carbocycles. The second-order valence-corrected chi connectivity index (χ2v) is 6.52. The van der Waals surface area contributed by atoms with Crippen LogP contribution in [0.2, 0.25) is 0 Å². The van der Waals surface area contributed by atoms with E-state index < -0.39 is 5.91 Å². The minimum Gasteiger partial charge on any atom is -0.493 e. The van der Waals surface area contributed by atoms with Crippen molar-refractivity contribution in [3.63, 3.8) is 0 Å². The fraction of sp³-hybridized carbons (Fsp3) is 0.333. The van der Waals surface area contributed by atoms with Gasteiger partial charge < -0.3 is 9.47 Å². The maximum atomic E-state index is 11.8. The van der Waals surface area contributed by atoms with Gasteiger partial charge in [0.05, 0.1) is 13.0 Å². The van der Waals surface area contributed by atoms with Gasteiger partial charge in [0.1, 0.15) is 11.5 Å². The van der Waals surface area contributed by atoms with E-state index in [1.165, 1.54) is 0 Å². The third kappa shape index (κ3) is 6.66. The molecule has 0 aliphatic heterocycles. The van der Waals surface area contributed by atoms with E-state index in [0.717, 1.165) is 28.0 Å². The standard InChI is InChI=1S/C21H26N2O4/c1-14-5-7-16(3)18(11-14)26-10-9-20(24)22-23-21(25)13-27-19-12-15(2)6-8-17(19)4/h5-8,11-12H,9-10,13H2,1-4H3,(H,22,24)(H,23,25). The van der Waals surface area contributed by atoms with Crippen molar-refractivity contribution >= 4 is 11.8 Å². The highest BCUT2D eigenvalue weighted by molar-refractivity contribution is 5.82. The summed E-state index contributed by atoms with van der Waals surface area (Å²) in [4.78, 5) is 23.6. The van der Waals surface area contributed by atoms with Crippen molar-refractivity contribution in [1.82, 2.24) is 10.9 Å². The zero-order valence-electron chi connectivity index (χ0n) is 16.2. The molecule has 6 heteroatoms. The number of carbonyl (C=O) groups is 2. The van der Waals surface area contributed by atoms with Gasteiger partial charge in [-0.2, -0.15) is 0 Å². The molecule has 0 atom stereocenters. The van der Waals surface area contributed by atoms with Crippen LogP contribution in [0.3, 0.4) is 0 Å². The number of rotatable bonds is 7. The van der Waals surface area contributed by atoms with Crippen LogP contribution in [-0.4, -0.2) is 25.0 Å². The Morgan fingerprint density at radius 1 is 0.778 bits per heavy atom. The largest absolute Gasteiger partial charge is 0.493 e. The highest BCUT2D eigenvalue weighted by atomic mass is 16.5. The Kier molecular flexibility index (Phi) is 7.23. The van der Waals surface area contributed by atoms with Gasteiger partial charge in [-0.05, 0) is 62.1 Å². The first-order valence-corrected chi connectivity index (χ1v) is 8.83. The average molecular weight is 370 g/mol. The lowest BCUT2D eigenvalue weighted by atomic mass is 10.1. The number of amides is 2. The van der Waals surface area contributed by atoms with Crippen LogP contribution in [-0.2, 0) is 9.59 Å². The van der Waals surface area contributed by atoms with Crippen molar-refractivity contribution in [3.05, 3.63) is 58.7 Å². The smallest absolute Gasteiger partial charge is 0.276 e. The van der Waals surface area contributed by atoms with Crippen molar-refractivity contribution in [2.24, 2.45) is 0 Å². The summed E-state index contributed by atoms with van der Waals surface area (Å²) in [6.45, 7) is 7.84. The average Bonchev–Trinajstić information content (AvgIpc) is 2.63. The second-order valence-electron chi connectivity index (χ2n) is 6.52. The van der Waals surface area contributed by atoms with Crippen LogP contribution in [0.4, 0.5) is 0 Å². The lowest BCUT2D eigenvalue weighted by Gasteiger charge is -2.12. The molecule has 0 aromatic heterocycles. The molecule has 6 nitrogen and oxygen atoms in total. The van der Waals surface area contributed by atoms with Crippen LogP contribution in [0.5, 0.6) is 11.5 Å². The Balaban J connectivity index is 1.68. The second kappa shape index (κ2) is 9.62. The number of benzene rings is 2. The van der Waals surface area contributed by atoms with Crippen LogP contribution in [0.25, 0.3) is 0 Å². The van der Waals surface area contributed by atoms with Gasteiger partial charge in [-0.3, -0.25) is 20.4 Å². The summed E-state index contributed by atoms with van der Waals surface area (Å²) in [7, 11) is 0. The number of hydrogen-bond acceptors (Lipinski definition) is 4. The van der Waals surface area contributed by atoms with Crippen molar-refractivity contribution in [1.29, 1.82) is 0 Å². The van der Waals surface area contributed by atoms with Gasteiger partial charge in [-0.15, -0.1) is 0 Å². The molecule has 0 bridgehead atoms. The Bertz CT molecular complexity index is 818. The maximum absolute atomic E-state index is 11.8. The highest BCUT2D eigenvalue weighted by Gasteiger charge is 2.08. The SMILES string of the molecule is Cc1ccc(C)c(OCCC(=O)NNC(=O)COc2cc(C)ccc2C)c1. The molecule has 0 unspecified atom stereocenters. The third-order valence-electron chi connectivity index (χ3n) is 3.97. The first-order valence-electron chi connectivity index (χ1n) is 8.83. The lowest BCUT2D eigenvalue weighted by molar-refractivity contribution is -0.130. The zero-order chi connectivity index (χ0) is 19.8. The molecule has 0 saturated carbocycles. The Labute approximate surface area is 159 Å². The molecule has 0 aliphatic carbocycles. The molecule has 0 saturated heterocycles. The van der Waals surface area contributed by atoms with Gasteiger partial charge in [0, 0.05) is 0 Å². The molecule has 0 aliphatic rings. The minimum absolute atomic E-state index is 0.130. The van der Waals surface area contributed by atoms with E-state index in [1.807, 2.05) is 64.1 Å². The summed E-state index contributed by atoms with van der Waals surface area (Å²) in [5.41, 5.74) is 8.80. The van der Waals surface area contributed by atoms with Crippen LogP contribution in [0.1, 0.15) is 28.7 Å². The number of aryl methyl sites for hydroxylation is 4. The normalized spacial score (nSPS) is 10.2. The molecule has 2 N–H and O–H groups in total. The molecule has 0 heterocycles. The first kappa shape index (κ1) is 20.3. The summed E-state index contributed by atoms with van der Waals surface area (Å²) in [6.07, 6.45) is 0.130. The van der Waals surface area contributed by atoms with Crippen LogP contribution in [0, 0.1) is 27.7 Å². The number of hydrogen-bond donors (Lipinski definition) is 2. The van der Waals surface area contributed by atoms with Crippen LogP contribution >= 0.6 is 0 Å². The fourth-order valence-corrected chi connectivity index (χ4v) is 2.36. The van der Waals surface area contributed by atoms with Gasteiger partial charge >= 0.3 is 0 Å². The van der Waals surface area contributed by atoms with E-state index in [9.17, 15) is 9.59 Å². The third-order valence-corrected chi connectivity index (χ3v) is 3.97. The van der Waals surface area contributed by atoms with Gasteiger partial charge in [-0.25, -0.2) is 0 Å². The predicted octanol–water partition coefficient (Wildman–Crippen LogP) is 2.92. The summed E-state index contributed by atoms with van der Waals surface area (Å²) in [5.74, 6) is 0.646. The van der Waals surface area contributed by atoms with E-state index in [2.05, 4.69) is 10.9 Å². The summed E-state index contributed by atoms with van der Waals surface area (Å²) in [6, 6.07) is 11.7. The molecule has 0 spiro atoms. The lowest BCUT2D eigenvalue weighted by Crippen LogP contribution is -2.44. The fourth-order valence-electron chi connectivity index (χ4n) is 2.36. The van der Waals surface area contributed by atoms with Crippen molar-refractivity contribution in [3.8, 4) is 11.5 Å². The van der Waals surface area contributed by atoms with Gasteiger partial charge in [0.2, 0.25) is 5.91 Å². The number of hydrazine groups is 1. The van der Waals surface area contributed by atoms with E-state index in [-0.39, 0.29) is 25.5 Å². The maximum Gasteiger partial charge on any atom is 0.276 e. The van der Waals surface area contributed by atoms with Crippen molar-refractivity contribution in [2.45, 2.75) is 34.1 Å². The number of nitrogens with one attached hydrogen (secondary N) is 2. The molecular formula is C21H26N2O4. The summed E-state index contributed by atoms with van der Waals surface area (Å²) in [5, 5.41) is 0.